The standard InChI is InChI=1S/C12H12O2/c13-11-9-6-7-12(8-9,14-11)10-4-2-1-3-5-10/h1-5,9H,6-8H2/t9-,12+/m0/s1. The Morgan fingerprint density at radius 2 is 2.07 bits per heavy atom. The maximum absolute atomic E-state index is 11.4. The third kappa shape index (κ3) is 0.939. The minimum Gasteiger partial charge on any atom is -0.454 e. The molecule has 1 heterocycles. The van der Waals surface area contributed by atoms with Gasteiger partial charge in [0, 0.05) is 6.42 Å². The van der Waals surface area contributed by atoms with Crippen LogP contribution in [0.4, 0.5) is 0 Å². The first-order valence-electron chi connectivity index (χ1n) is 5.09. The van der Waals surface area contributed by atoms with E-state index in [2.05, 4.69) is 12.1 Å². The molecule has 0 amide bonds. The fourth-order valence-corrected chi connectivity index (χ4v) is 2.64. The van der Waals surface area contributed by atoms with Crippen molar-refractivity contribution in [2.75, 3.05) is 0 Å². The van der Waals surface area contributed by atoms with Gasteiger partial charge < -0.3 is 4.74 Å². The van der Waals surface area contributed by atoms with E-state index < -0.39 is 0 Å². The predicted molar refractivity (Wildman–Crippen MR) is 51.6 cm³/mol. The van der Waals surface area contributed by atoms with Crippen molar-refractivity contribution >= 4 is 5.97 Å². The molecule has 2 heteroatoms. The Labute approximate surface area is 82.9 Å². The first kappa shape index (κ1) is 8.04. The van der Waals surface area contributed by atoms with E-state index in [-0.39, 0.29) is 17.5 Å². The van der Waals surface area contributed by atoms with Crippen molar-refractivity contribution in [3.05, 3.63) is 35.9 Å². The summed E-state index contributed by atoms with van der Waals surface area (Å²) in [4.78, 5) is 11.4. The van der Waals surface area contributed by atoms with E-state index in [1.165, 1.54) is 0 Å². The molecule has 0 spiro atoms. The average Bonchev–Trinajstić information content (AvgIpc) is 2.77. The van der Waals surface area contributed by atoms with Gasteiger partial charge in [-0.1, -0.05) is 30.3 Å². The molecule has 14 heavy (non-hydrogen) atoms. The van der Waals surface area contributed by atoms with Gasteiger partial charge in [-0.05, 0) is 18.4 Å². The molecule has 3 rings (SSSR count). The van der Waals surface area contributed by atoms with Gasteiger partial charge in [0.15, 0.2) is 0 Å². The Morgan fingerprint density at radius 1 is 1.29 bits per heavy atom. The maximum atomic E-state index is 11.4. The number of benzene rings is 1. The van der Waals surface area contributed by atoms with Crippen molar-refractivity contribution in [1.82, 2.24) is 0 Å². The predicted octanol–water partition coefficient (Wildman–Crippen LogP) is 2.24. The number of fused-ring (bicyclic) bond motifs is 2. The second kappa shape index (κ2) is 2.59. The Morgan fingerprint density at radius 3 is 2.64 bits per heavy atom. The first-order valence-corrected chi connectivity index (χ1v) is 5.09. The molecule has 0 aromatic heterocycles. The number of esters is 1. The quantitative estimate of drug-likeness (QED) is 0.632. The van der Waals surface area contributed by atoms with Gasteiger partial charge in [-0.25, -0.2) is 0 Å². The van der Waals surface area contributed by atoms with Crippen molar-refractivity contribution < 1.29 is 9.53 Å². The molecule has 2 bridgehead atoms. The van der Waals surface area contributed by atoms with Crippen molar-refractivity contribution in [1.29, 1.82) is 0 Å². The van der Waals surface area contributed by atoms with Crippen LogP contribution in [0.25, 0.3) is 0 Å². The normalized spacial score (nSPS) is 34.6. The SMILES string of the molecule is O=C1O[C@]2(c3ccccc3)CC[C@H]1C2. The molecule has 2 nitrogen and oxygen atoms in total. The van der Waals surface area contributed by atoms with Crippen molar-refractivity contribution in [3.63, 3.8) is 0 Å². The summed E-state index contributed by atoms with van der Waals surface area (Å²) in [5.74, 6) is 0.162. The first-order chi connectivity index (χ1) is 6.80. The van der Waals surface area contributed by atoms with Gasteiger partial charge in [0.1, 0.15) is 5.60 Å². The molecule has 1 saturated heterocycles. The number of hydrogen-bond donors (Lipinski definition) is 0. The molecule has 72 valence electrons. The largest absolute Gasteiger partial charge is 0.454 e. The van der Waals surface area contributed by atoms with Crippen LogP contribution in [-0.4, -0.2) is 5.97 Å². The Balaban J connectivity index is 2.03. The van der Waals surface area contributed by atoms with E-state index in [9.17, 15) is 4.79 Å². The molecule has 2 atom stereocenters. The summed E-state index contributed by atoms with van der Waals surface area (Å²) in [6.07, 6.45) is 2.87. The van der Waals surface area contributed by atoms with Gasteiger partial charge in [0.25, 0.3) is 0 Å². The van der Waals surface area contributed by atoms with Gasteiger partial charge in [-0.15, -0.1) is 0 Å². The zero-order valence-corrected chi connectivity index (χ0v) is 7.90. The lowest BCUT2D eigenvalue weighted by molar-refractivity contribution is -0.156. The zero-order chi connectivity index (χ0) is 9.60. The molecule has 0 N–H and O–H groups in total. The molecule has 1 aromatic rings. The monoisotopic (exact) mass is 188 g/mol. The van der Waals surface area contributed by atoms with Gasteiger partial charge in [-0.3, -0.25) is 4.79 Å². The van der Waals surface area contributed by atoms with E-state index in [4.69, 9.17) is 4.74 Å². The van der Waals surface area contributed by atoms with Crippen molar-refractivity contribution in [3.8, 4) is 0 Å². The molecular weight excluding hydrogens is 176 g/mol. The van der Waals surface area contributed by atoms with Crippen LogP contribution in [0.2, 0.25) is 0 Å². The highest BCUT2D eigenvalue weighted by Crippen LogP contribution is 2.51. The fraction of sp³-hybridized carbons (Fsp3) is 0.417. The number of ether oxygens (including phenoxy) is 1. The van der Waals surface area contributed by atoms with Crippen LogP contribution in [0.5, 0.6) is 0 Å². The Hall–Kier alpha value is -1.31. The highest BCUT2D eigenvalue weighted by Gasteiger charge is 2.53. The van der Waals surface area contributed by atoms with E-state index in [0.717, 1.165) is 24.8 Å². The summed E-state index contributed by atoms with van der Waals surface area (Å²) >= 11 is 0. The van der Waals surface area contributed by atoms with Gasteiger partial charge in [-0.2, -0.15) is 0 Å². The van der Waals surface area contributed by atoms with Crippen LogP contribution in [0.1, 0.15) is 24.8 Å². The van der Waals surface area contributed by atoms with Gasteiger partial charge >= 0.3 is 5.97 Å². The summed E-state index contributed by atoms with van der Waals surface area (Å²) in [6, 6.07) is 10.1. The van der Waals surface area contributed by atoms with Gasteiger partial charge in [0.05, 0.1) is 5.92 Å². The third-order valence-electron chi connectivity index (χ3n) is 3.40. The topological polar surface area (TPSA) is 26.3 Å². The van der Waals surface area contributed by atoms with E-state index in [0.29, 0.717) is 0 Å². The molecular formula is C12H12O2. The highest BCUT2D eigenvalue weighted by atomic mass is 16.6. The summed E-state index contributed by atoms with van der Waals surface area (Å²) in [5.41, 5.74) is 0.886. The second-order valence-electron chi connectivity index (χ2n) is 4.22. The Bertz CT molecular complexity index is 371. The van der Waals surface area contributed by atoms with Crippen LogP contribution >= 0.6 is 0 Å². The minimum absolute atomic E-state index is 0.0000954. The van der Waals surface area contributed by atoms with Crippen molar-refractivity contribution in [2.24, 2.45) is 5.92 Å². The number of rotatable bonds is 1. The minimum atomic E-state index is -0.275. The summed E-state index contributed by atoms with van der Waals surface area (Å²) in [7, 11) is 0. The lowest BCUT2D eigenvalue weighted by Crippen LogP contribution is -2.25. The highest BCUT2D eigenvalue weighted by molar-refractivity contribution is 5.77. The van der Waals surface area contributed by atoms with Crippen LogP contribution < -0.4 is 0 Å². The van der Waals surface area contributed by atoms with Crippen LogP contribution in [0, 0.1) is 5.92 Å². The maximum Gasteiger partial charge on any atom is 0.309 e. The van der Waals surface area contributed by atoms with Gasteiger partial charge in [0.2, 0.25) is 0 Å². The summed E-state index contributed by atoms with van der Waals surface area (Å²) in [6.45, 7) is 0. The summed E-state index contributed by atoms with van der Waals surface area (Å²) < 4.78 is 5.50. The summed E-state index contributed by atoms with van der Waals surface area (Å²) in [5, 5.41) is 0. The average molecular weight is 188 g/mol. The van der Waals surface area contributed by atoms with E-state index in [1.54, 1.807) is 0 Å². The van der Waals surface area contributed by atoms with Crippen LogP contribution in [0.3, 0.4) is 0 Å². The van der Waals surface area contributed by atoms with E-state index in [1.807, 2.05) is 18.2 Å². The smallest absolute Gasteiger partial charge is 0.309 e. The third-order valence-corrected chi connectivity index (χ3v) is 3.40. The van der Waals surface area contributed by atoms with E-state index >= 15 is 0 Å². The number of hydrogen-bond acceptors (Lipinski definition) is 2. The Kier molecular flexibility index (Phi) is 1.49. The molecule has 1 aliphatic carbocycles. The molecule has 1 aromatic carbocycles. The fourth-order valence-electron chi connectivity index (χ4n) is 2.64. The number of carbonyl (C=O) groups is 1. The van der Waals surface area contributed by atoms with Crippen molar-refractivity contribution in [2.45, 2.75) is 24.9 Å². The second-order valence-corrected chi connectivity index (χ2v) is 4.22. The van der Waals surface area contributed by atoms with Crippen LogP contribution in [0.15, 0.2) is 30.3 Å². The van der Waals surface area contributed by atoms with Crippen LogP contribution in [-0.2, 0) is 15.1 Å². The molecule has 1 saturated carbocycles. The zero-order valence-electron chi connectivity index (χ0n) is 7.90. The molecule has 2 fully saturated rings. The molecule has 0 radical (unpaired) electrons. The molecule has 1 aliphatic heterocycles. The lowest BCUT2D eigenvalue weighted by Gasteiger charge is -2.26. The molecule has 0 unspecified atom stereocenters. The molecule has 2 aliphatic rings. The lowest BCUT2D eigenvalue weighted by atomic mass is 9.92. The number of carbonyl (C=O) groups excluding carboxylic acids is 1.